The summed E-state index contributed by atoms with van der Waals surface area (Å²) < 4.78 is 5.01. The van der Waals surface area contributed by atoms with Crippen LogP contribution in [0.15, 0.2) is 11.6 Å². The number of quaternary nitrogens is 1. The third kappa shape index (κ3) is 2.94. The summed E-state index contributed by atoms with van der Waals surface area (Å²) >= 11 is 0. The summed E-state index contributed by atoms with van der Waals surface area (Å²) in [5.74, 6) is 0.637. The van der Waals surface area contributed by atoms with Crippen molar-refractivity contribution in [3.8, 4) is 0 Å². The first kappa shape index (κ1) is 20.7. The monoisotopic (exact) mass is 404 g/mol. The summed E-state index contributed by atoms with van der Waals surface area (Å²) in [5, 5.41) is 11.5. The average molecular weight is 405 g/mol. The minimum atomic E-state index is -1.43. The summed E-state index contributed by atoms with van der Waals surface area (Å²) in [4.78, 5) is 36.3. The van der Waals surface area contributed by atoms with Crippen LogP contribution in [-0.2, 0) is 19.1 Å². The molecule has 0 aromatic heterocycles. The molecule has 0 aliphatic heterocycles. The van der Waals surface area contributed by atoms with Crippen LogP contribution in [-0.4, -0.2) is 41.4 Å². The molecule has 0 saturated heterocycles. The zero-order chi connectivity index (χ0) is 21.0. The molecular formula is C23H34NO5+. The van der Waals surface area contributed by atoms with Gasteiger partial charge in [0.2, 0.25) is 5.78 Å². The molecule has 4 aliphatic carbocycles. The summed E-state index contributed by atoms with van der Waals surface area (Å²) in [6.45, 7) is 4.01. The maximum absolute atomic E-state index is 12.9. The van der Waals surface area contributed by atoms with Gasteiger partial charge in [-0.1, -0.05) is 19.4 Å². The van der Waals surface area contributed by atoms with Gasteiger partial charge in [0, 0.05) is 11.8 Å². The zero-order valence-corrected chi connectivity index (χ0v) is 17.7. The molecule has 6 atom stereocenters. The molecule has 6 heteroatoms. The van der Waals surface area contributed by atoms with Gasteiger partial charge in [-0.3, -0.25) is 9.59 Å². The molecule has 4 rings (SSSR count). The number of allylic oxidation sites excluding steroid dienone is 1. The first-order valence-corrected chi connectivity index (χ1v) is 11.1. The van der Waals surface area contributed by atoms with Gasteiger partial charge in [0.1, 0.15) is 5.60 Å². The summed E-state index contributed by atoms with van der Waals surface area (Å²) in [6, 6.07) is 0. The minimum absolute atomic E-state index is 0.0215. The number of hydrogen-bond acceptors (Lipinski definition) is 5. The van der Waals surface area contributed by atoms with Gasteiger partial charge in [-0.2, -0.15) is 0 Å². The molecule has 29 heavy (non-hydrogen) atoms. The number of ether oxygens (including phenoxy) is 1. The van der Waals surface area contributed by atoms with Crippen LogP contribution in [0.1, 0.15) is 65.2 Å². The van der Waals surface area contributed by atoms with Gasteiger partial charge in [-0.05, 0) is 74.2 Å². The Hall–Kier alpha value is -1.53. The molecule has 0 radical (unpaired) electrons. The van der Waals surface area contributed by atoms with Crippen LogP contribution in [0.2, 0.25) is 0 Å². The molecule has 160 valence electrons. The maximum Gasteiger partial charge on any atom is 0.361 e. The van der Waals surface area contributed by atoms with E-state index in [1.54, 1.807) is 0 Å². The van der Waals surface area contributed by atoms with Gasteiger partial charge in [-0.15, -0.1) is 0 Å². The summed E-state index contributed by atoms with van der Waals surface area (Å²) in [6.07, 6.45) is 8.46. The lowest BCUT2D eigenvalue weighted by atomic mass is 9.46. The van der Waals surface area contributed by atoms with Crippen molar-refractivity contribution in [1.29, 1.82) is 0 Å². The topological polar surface area (TPSA) is 108 Å². The van der Waals surface area contributed by atoms with Crippen LogP contribution in [0.25, 0.3) is 0 Å². The van der Waals surface area contributed by atoms with Gasteiger partial charge < -0.3 is 15.6 Å². The van der Waals surface area contributed by atoms with Crippen molar-refractivity contribution < 1.29 is 30.0 Å². The van der Waals surface area contributed by atoms with Crippen LogP contribution >= 0.6 is 0 Å². The van der Waals surface area contributed by atoms with Gasteiger partial charge >= 0.3 is 5.97 Å². The number of carbonyl (C=O) groups excluding carboxylic acids is 3. The number of hydrogen-bond donors (Lipinski definition) is 2. The van der Waals surface area contributed by atoms with Crippen LogP contribution < -0.4 is 5.73 Å². The highest BCUT2D eigenvalue weighted by molar-refractivity contribution is 5.92. The number of aliphatic hydroxyl groups is 1. The Morgan fingerprint density at radius 1 is 1.14 bits per heavy atom. The highest BCUT2D eigenvalue weighted by atomic mass is 16.5. The second-order valence-corrected chi connectivity index (χ2v) is 10.2. The van der Waals surface area contributed by atoms with Crippen molar-refractivity contribution in [2.75, 3.05) is 13.2 Å². The molecule has 3 fully saturated rings. The third-order valence-electron chi connectivity index (χ3n) is 9.14. The molecule has 4 N–H and O–H groups in total. The predicted molar refractivity (Wildman–Crippen MR) is 105 cm³/mol. The molecule has 0 unspecified atom stereocenters. The molecule has 0 bridgehead atoms. The third-order valence-corrected chi connectivity index (χ3v) is 9.14. The lowest BCUT2D eigenvalue weighted by Crippen LogP contribution is -2.58. The fourth-order valence-electron chi connectivity index (χ4n) is 7.37. The van der Waals surface area contributed by atoms with Crippen molar-refractivity contribution in [2.45, 2.75) is 70.8 Å². The quantitative estimate of drug-likeness (QED) is 0.692. The molecule has 0 spiro atoms. The number of Topliss-reactive ketones (excluding diaryl/α,β-unsaturated/α-hetero) is 1. The van der Waals surface area contributed by atoms with Crippen LogP contribution in [0.4, 0.5) is 0 Å². The highest BCUT2D eigenvalue weighted by Crippen LogP contribution is 2.67. The summed E-state index contributed by atoms with van der Waals surface area (Å²) in [5.41, 5.74) is 2.96. The highest BCUT2D eigenvalue weighted by Gasteiger charge is 2.66. The number of fused-ring (bicyclic) bond motifs is 5. The molecule has 0 aromatic rings. The minimum Gasteiger partial charge on any atom is -0.453 e. The van der Waals surface area contributed by atoms with Crippen molar-refractivity contribution in [3.05, 3.63) is 11.6 Å². The Kier molecular flexibility index (Phi) is 5.02. The van der Waals surface area contributed by atoms with E-state index in [4.69, 9.17) is 4.74 Å². The van der Waals surface area contributed by atoms with Gasteiger partial charge in [0.05, 0.1) is 0 Å². The predicted octanol–water partition coefficient (Wildman–Crippen LogP) is 1.60. The van der Waals surface area contributed by atoms with Crippen LogP contribution in [0, 0.1) is 28.6 Å². The fraction of sp³-hybridized carbons (Fsp3) is 0.783. The average Bonchev–Trinajstić information content (AvgIpc) is 2.98. The first-order chi connectivity index (χ1) is 13.7. The van der Waals surface area contributed by atoms with Crippen LogP contribution in [0.3, 0.4) is 0 Å². The molecule has 6 nitrogen and oxygen atoms in total. The second kappa shape index (κ2) is 7.02. The molecule has 0 heterocycles. The van der Waals surface area contributed by atoms with Crippen molar-refractivity contribution in [1.82, 2.24) is 0 Å². The van der Waals surface area contributed by atoms with E-state index in [-0.39, 0.29) is 36.1 Å². The normalized spacial score (nSPS) is 43.7. The SMILES string of the molecule is C[C@]12CC[C@@H]3[C@H](CCC4=CC(=O)CC[C@]43C)[C@@H]1CC[C@@]2(O)C(=O)COC(=O)C[NH3+]. The standard InChI is InChI=1S/C23H33NO5/c1-21-8-5-15(25)11-14(21)3-4-16-17(21)6-9-22(2)18(16)7-10-23(22,28)19(26)13-29-20(27)12-24/h11,16-18,28H,3-10,12-13,24H2,1-2H3/p+1/t16-,17+,18-,21+,22-,23+/m0/s1. The Morgan fingerprint density at radius 2 is 1.86 bits per heavy atom. The van der Waals surface area contributed by atoms with Gasteiger partial charge in [0.25, 0.3) is 0 Å². The second-order valence-electron chi connectivity index (χ2n) is 10.2. The molecule has 4 aliphatic rings. The van der Waals surface area contributed by atoms with E-state index < -0.39 is 17.0 Å². The maximum atomic E-state index is 12.9. The smallest absolute Gasteiger partial charge is 0.361 e. The number of carbonyl (C=O) groups is 3. The molecule has 0 amide bonds. The van der Waals surface area contributed by atoms with E-state index in [1.807, 2.05) is 6.08 Å². The summed E-state index contributed by atoms with van der Waals surface area (Å²) in [7, 11) is 0. The fourth-order valence-corrected chi connectivity index (χ4v) is 7.37. The number of esters is 1. The van der Waals surface area contributed by atoms with E-state index in [2.05, 4.69) is 19.6 Å². The zero-order valence-electron chi connectivity index (χ0n) is 17.7. The van der Waals surface area contributed by atoms with Crippen molar-refractivity contribution >= 4 is 17.5 Å². The Balaban J connectivity index is 1.57. The Labute approximate surface area is 172 Å². The van der Waals surface area contributed by atoms with Crippen LogP contribution in [0.5, 0.6) is 0 Å². The lowest BCUT2D eigenvalue weighted by molar-refractivity contribution is -0.359. The van der Waals surface area contributed by atoms with E-state index in [0.29, 0.717) is 24.7 Å². The first-order valence-electron chi connectivity index (χ1n) is 11.1. The number of ketones is 2. The van der Waals surface area contributed by atoms with E-state index in [0.717, 1.165) is 38.5 Å². The largest absolute Gasteiger partial charge is 0.453 e. The Bertz CT molecular complexity index is 775. The molecule has 0 aromatic carbocycles. The van der Waals surface area contributed by atoms with E-state index in [9.17, 15) is 19.5 Å². The van der Waals surface area contributed by atoms with Crippen molar-refractivity contribution in [2.24, 2.45) is 28.6 Å². The van der Waals surface area contributed by atoms with E-state index in [1.165, 1.54) is 5.57 Å². The Morgan fingerprint density at radius 3 is 2.59 bits per heavy atom. The van der Waals surface area contributed by atoms with Gasteiger partial charge in [0.15, 0.2) is 18.9 Å². The van der Waals surface area contributed by atoms with Gasteiger partial charge in [-0.25, -0.2) is 4.79 Å². The van der Waals surface area contributed by atoms with E-state index >= 15 is 0 Å². The molecular weight excluding hydrogens is 370 g/mol. The number of rotatable bonds is 4. The lowest BCUT2D eigenvalue weighted by Gasteiger charge is -2.58. The van der Waals surface area contributed by atoms with Crippen molar-refractivity contribution in [3.63, 3.8) is 0 Å². The molecule has 3 saturated carbocycles.